The first-order chi connectivity index (χ1) is 10.9. The Bertz CT molecular complexity index is 662. The van der Waals surface area contributed by atoms with Gasteiger partial charge < -0.3 is 9.84 Å². The molecule has 8 heteroatoms. The lowest BCUT2D eigenvalue weighted by molar-refractivity contribution is -0.384. The number of hydrogen-bond donors (Lipinski definition) is 1. The maximum Gasteiger partial charge on any atom is 0.273 e. The summed E-state index contributed by atoms with van der Waals surface area (Å²) < 4.78 is 5.42. The van der Waals surface area contributed by atoms with Gasteiger partial charge in [-0.2, -0.15) is 0 Å². The van der Waals surface area contributed by atoms with Crippen LogP contribution < -0.4 is 4.74 Å². The van der Waals surface area contributed by atoms with Gasteiger partial charge in [0.15, 0.2) is 0 Å². The van der Waals surface area contributed by atoms with Crippen LogP contribution in [0.1, 0.15) is 9.88 Å². The molecule has 0 saturated heterocycles. The van der Waals surface area contributed by atoms with Gasteiger partial charge in [0.2, 0.25) is 0 Å². The van der Waals surface area contributed by atoms with Crippen molar-refractivity contribution in [2.45, 2.75) is 19.6 Å². The van der Waals surface area contributed by atoms with E-state index in [0.717, 1.165) is 9.88 Å². The summed E-state index contributed by atoms with van der Waals surface area (Å²) in [6, 6.07) is 5.92. The molecule has 1 unspecified atom stereocenters. The van der Waals surface area contributed by atoms with E-state index in [2.05, 4.69) is 4.98 Å². The van der Waals surface area contributed by atoms with E-state index in [-0.39, 0.29) is 12.3 Å². The van der Waals surface area contributed by atoms with Crippen molar-refractivity contribution in [2.75, 3.05) is 20.2 Å². The summed E-state index contributed by atoms with van der Waals surface area (Å²) in [4.78, 5) is 17.5. The lowest BCUT2D eigenvalue weighted by Crippen LogP contribution is -2.32. The van der Waals surface area contributed by atoms with E-state index >= 15 is 0 Å². The second-order valence-corrected chi connectivity index (χ2v) is 6.58. The third-order valence-corrected chi connectivity index (χ3v) is 3.99. The zero-order valence-corrected chi connectivity index (χ0v) is 13.8. The molecule has 0 aliphatic heterocycles. The van der Waals surface area contributed by atoms with Gasteiger partial charge in [-0.05, 0) is 20.0 Å². The first-order valence-electron chi connectivity index (χ1n) is 7.09. The van der Waals surface area contributed by atoms with Crippen molar-refractivity contribution < 1.29 is 14.8 Å². The van der Waals surface area contributed by atoms with Gasteiger partial charge in [-0.1, -0.05) is 6.07 Å². The quantitative estimate of drug-likeness (QED) is 0.587. The zero-order valence-electron chi connectivity index (χ0n) is 13.0. The van der Waals surface area contributed by atoms with Crippen LogP contribution in [-0.4, -0.2) is 46.2 Å². The number of non-ortho nitro benzene ring substituents is 1. The van der Waals surface area contributed by atoms with Gasteiger partial charge in [-0.25, -0.2) is 4.98 Å². The minimum absolute atomic E-state index is 0.0327. The van der Waals surface area contributed by atoms with E-state index in [1.165, 1.54) is 12.1 Å². The molecule has 1 heterocycles. The van der Waals surface area contributed by atoms with Gasteiger partial charge in [0, 0.05) is 30.2 Å². The normalized spacial score (nSPS) is 12.3. The molecule has 1 atom stereocenters. The monoisotopic (exact) mass is 337 g/mol. The Labute approximate surface area is 138 Å². The Kier molecular flexibility index (Phi) is 6.03. The molecular weight excluding hydrogens is 318 g/mol. The van der Waals surface area contributed by atoms with Crippen molar-refractivity contribution in [3.63, 3.8) is 0 Å². The summed E-state index contributed by atoms with van der Waals surface area (Å²) in [6.45, 7) is 3.17. The largest absolute Gasteiger partial charge is 0.491 e. The highest BCUT2D eigenvalue weighted by Crippen LogP contribution is 2.19. The number of likely N-dealkylation sites (N-methyl/N-ethyl adjacent to an activating group) is 1. The fourth-order valence-corrected chi connectivity index (χ4v) is 2.98. The zero-order chi connectivity index (χ0) is 16.8. The van der Waals surface area contributed by atoms with Crippen LogP contribution in [0.3, 0.4) is 0 Å². The van der Waals surface area contributed by atoms with Crippen LogP contribution >= 0.6 is 11.3 Å². The van der Waals surface area contributed by atoms with Gasteiger partial charge in [-0.3, -0.25) is 15.0 Å². The Morgan fingerprint density at radius 1 is 1.52 bits per heavy atom. The average Bonchev–Trinajstić information content (AvgIpc) is 2.90. The van der Waals surface area contributed by atoms with Crippen molar-refractivity contribution in [1.82, 2.24) is 9.88 Å². The first kappa shape index (κ1) is 17.3. The molecule has 0 fully saturated rings. The molecule has 7 nitrogen and oxygen atoms in total. The number of thiazole rings is 1. The number of aliphatic hydroxyl groups excluding tert-OH is 1. The lowest BCUT2D eigenvalue weighted by Gasteiger charge is -2.20. The summed E-state index contributed by atoms with van der Waals surface area (Å²) in [7, 11) is 1.91. The number of benzene rings is 1. The van der Waals surface area contributed by atoms with Crippen molar-refractivity contribution in [3.05, 3.63) is 50.5 Å². The Morgan fingerprint density at radius 2 is 2.30 bits per heavy atom. The van der Waals surface area contributed by atoms with Crippen molar-refractivity contribution >= 4 is 17.0 Å². The molecule has 2 rings (SSSR count). The molecule has 0 aliphatic carbocycles. The highest BCUT2D eigenvalue weighted by atomic mass is 32.1. The topological polar surface area (TPSA) is 88.7 Å². The number of nitrogens with zero attached hydrogens (tertiary/aromatic N) is 3. The third-order valence-electron chi connectivity index (χ3n) is 3.09. The van der Waals surface area contributed by atoms with Crippen molar-refractivity contribution in [2.24, 2.45) is 0 Å². The highest BCUT2D eigenvalue weighted by Gasteiger charge is 2.12. The van der Waals surface area contributed by atoms with E-state index in [1.807, 2.05) is 25.1 Å². The number of aryl methyl sites for hydroxylation is 1. The Hall–Kier alpha value is -2.03. The molecule has 1 N–H and O–H groups in total. The molecular formula is C15H19N3O4S. The molecule has 0 spiro atoms. The van der Waals surface area contributed by atoms with E-state index in [4.69, 9.17) is 4.74 Å². The van der Waals surface area contributed by atoms with Crippen LogP contribution in [0.4, 0.5) is 5.69 Å². The van der Waals surface area contributed by atoms with Crippen LogP contribution in [0.2, 0.25) is 0 Å². The van der Waals surface area contributed by atoms with Gasteiger partial charge in [-0.15, -0.1) is 11.3 Å². The van der Waals surface area contributed by atoms with Gasteiger partial charge in [0.1, 0.15) is 18.5 Å². The smallest absolute Gasteiger partial charge is 0.273 e. The SMILES string of the molecule is Cc1ncc(CN(C)CC(O)COc2cccc([N+](=O)[O-])c2)s1. The number of rotatable bonds is 8. The molecule has 0 saturated carbocycles. The van der Waals surface area contributed by atoms with Gasteiger partial charge in [0.25, 0.3) is 5.69 Å². The molecule has 1 aromatic heterocycles. The Balaban J connectivity index is 1.79. The third kappa shape index (κ3) is 5.59. The van der Waals surface area contributed by atoms with E-state index in [9.17, 15) is 15.2 Å². The van der Waals surface area contributed by atoms with Crippen LogP contribution in [0.15, 0.2) is 30.5 Å². The fraction of sp³-hybridized carbons (Fsp3) is 0.400. The minimum Gasteiger partial charge on any atom is -0.491 e. The number of ether oxygens (including phenoxy) is 1. The van der Waals surface area contributed by atoms with Crippen LogP contribution in [0.25, 0.3) is 0 Å². The number of aliphatic hydroxyl groups is 1. The summed E-state index contributed by atoms with van der Waals surface area (Å²) in [6.07, 6.45) is 1.15. The van der Waals surface area contributed by atoms with Crippen LogP contribution in [-0.2, 0) is 6.54 Å². The second kappa shape index (κ2) is 8.00. The highest BCUT2D eigenvalue weighted by molar-refractivity contribution is 7.11. The molecule has 0 radical (unpaired) electrons. The second-order valence-electron chi connectivity index (χ2n) is 5.26. The van der Waals surface area contributed by atoms with Crippen LogP contribution in [0.5, 0.6) is 5.75 Å². The summed E-state index contributed by atoms with van der Waals surface area (Å²) >= 11 is 1.63. The number of aromatic nitrogens is 1. The minimum atomic E-state index is -0.687. The van der Waals surface area contributed by atoms with E-state index < -0.39 is 11.0 Å². The standard InChI is InChI=1S/C15H19N3O4S/c1-11-16-7-15(23-11)9-17(2)8-13(19)10-22-14-5-3-4-12(6-14)18(20)21/h3-7,13,19H,8-10H2,1-2H3. The van der Waals surface area contributed by atoms with Crippen molar-refractivity contribution in [3.8, 4) is 5.75 Å². The lowest BCUT2D eigenvalue weighted by atomic mass is 10.3. The Morgan fingerprint density at radius 3 is 2.96 bits per heavy atom. The number of hydrogen-bond acceptors (Lipinski definition) is 7. The average molecular weight is 337 g/mol. The molecule has 1 aromatic carbocycles. The summed E-state index contributed by atoms with van der Waals surface area (Å²) in [5, 5.41) is 21.7. The number of nitro benzene ring substituents is 1. The molecule has 2 aromatic rings. The first-order valence-corrected chi connectivity index (χ1v) is 7.91. The summed E-state index contributed by atoms with van der Waals surface area (Å²) in [5.74, 6) is 0.374. The number of nitro groups is 1. The van der Waals surface area contributed by atoms with Crippen molar-refractivity contribution in [1.29, 1.82) is 0 Å². The van der Waals surface area contributed by atoms with Crippen LogP contribution in [0, 0.1) is 17.0 Å². The molecule has 23 heavy (non-hydrogen) atoms. The fourth-order valence-electron chi connectivity index (χ4n) is 2.10. The predicted molar refractivity (Wildman–Crippen MR) is 87.8 cm³/mol. The molecule has 124 valence electrons. The predicted octanol–water partition coefficient (Wildman–Crippen LogP) is 2.23. The van der Waals surface area contributed by atoms with E-state index in [1.54, 1.807) is 23.5 Å². The summed E-state index contributed by atoms with van der Waals surface area (Å²) in [5.41, 5.74) is -0.0327. The van der Waals surface area contributed by atoms with Gasteiger partial charge >= 0.3 is 0 Å². The molecule has 0 amide bonds. The molecule has 0 bridgehead atoms. The maximum atomic E-state index is 10.7. The maximum absolute atomic E-state index is 10.7. The molecule has 0 aliphatic rings. The van der Waals surface area contributed by atoms with E-state index in [0.29, 0.717) is 18.8 Å². The van der Waals surface area contributed by atoms with Gasteiger partial charge in [0.05, 0.1) is 16.0 Å².